The predicted octanol–water partition coefficient (Wildman–Crippen LogP) is 12.6. The van der Waals surface area contributed by atoms with Crippen LogP contribution in [0.4, 0.5) is 0 Å². The van der Waals surface area contributed by atoms with Crippen LogP contribution >= 0.6 is 0 Å². The normalized spacial score (nSPS) is 36.1. The van der Waals surface area contributed by atoms with Crippen LogP contribution in [0.15, 0.2) is 36.0 Å². The lowest BCUT2D eigenvalue weighted by Crippen LogP contribution is -2.60. The fraction of sp³-hybridized carbons (Fsp3) is 0.870. The first-order valence-corrected chi connectivity index (χ1v) is 25.8. The van der Waals surface area contributed by atoms with Crippen LogP contribution < -0.4 is 0 Å². The van der Waals surface area contributed by atoms with Gasteiger partial charge in [0.2, 0.25) is 0 Å². The van der Waals surface area contributed by atoms with Gasteiger partial charge < -0.3 is 29.5 Å². The van der Waals surface area contributed by atoms with E-state index >= 15 is 0 Å². The molecule has 61 heavy (non-hydrogen) atoms. The minimum absolute atomic E-state index is 0.144. The Morgan fingerprint density at radius 2 is 1.49 bits per heavy atom. The lowest BCUT2D eigenvalue weighted by molar-refractivity contribution is -0.313. The average molecular weight is 853 g/mol. The smallest absolute Gasteiger partial charge is 0.305 e. The first-order chi connectivity index (χ1) is 29.3. The van der Waals surface area contributed by atoms with Gasteiger partial charge in [-0.25, -0.2) is 0 Å². The van der Waals surface area contributed by atoms with E-state index in [0.717, 1.165) is 93.3 Å². The molecule has 0 amide bonds. The Hall–Kier alpha value is -1.51. The van der Waals surface area contributed by atoms with Gasteiger partial charge in [0.15, 0.2) is 6.29 Å². The number of carbonyl (C=O) groups excluding carboxylic acids is 1. The van der Waals surface area contributed by atoms with Crippen molar-refractivity contribution in [2.75, 3.05) is 6.61 Å². The number of allylic oxidation sites excluding steroid dienone is 5. The molecule has 3 N–H and O–H groups in total. The summed E-state index contributed by atoms with van der Waals surface area (Å²) in [6, 6.07) is 0. The van der Waals surface area contributed by atoms with Crippen LogP contribution in [0.5, 0.6) is 0 Å². The van der Waals surface area contributed by atoms with E-state index in [1.807, 2.05) is 0 Å². The summed E-state index contributed by atoms with van der Waals surface area (Å²) in [5, 5.41) is 32.5. The van der Waals surface area contributed by atoms with Gasteiger partial charge >= 0.3 is 5.97 Å². The number of unbranched alkanes of at least 4 members (excludes halogenated alkanes) is 10. The zero-order valence-corrected chi connectivity index (χ0v) is 40.0. The van der Waals surface area contributed by atoms with Crippen molar-refractivity contribution in [2.45, 2.75) is 239 Å². The number of fused-ring (bicyclic) bond motifs is 5. The number of aliphatic hydroxyl groups excluding tert-OH is 3. The number of rotatable bonds is 25. The van der Waals surface area contributed by atoms with Gasteiger partial charge in [0, 0.05) is 6.42 Å². The van der Waals surface area contributed by atoms with E-state index < -0.39 is 30.7 Å². The van der Waals surface area contributed by atoms with Gasteiger partial charge in [-0.1, -0.05) is 142 Å². The molecule has 0 radical (unpaired) electrons. The third-order valence-corrected chi connectivity index (χ3v) is 17.3. The molecule has 350 valence electrons. The van der Waals surface area contributed by atoms with E-state index in [-0.39, 0.29) is 24.1 Å². The molecule has 0 aromatic heterocycles. The maximum absolute atomic E-state index is 12.6. The summed E-state index contributed by atoms with van der Waals surface area (Å²) in [6.45, 7) is 17.0. The van der Waals surface area contributed by atoms with Gasteiger partial charge in [0.05, 0.1) is 6.10 Å². The second-order valence-corrected chi connectivity index (χ2v) is 21.7. The van der Waals surface area contributed by atoms with Crippen LogP contribution in [0.2, 0.25) is 0 Å². The second-order valence-electron chi connectivity index (χ2n) is 21.7. The van der Waals surface area contributed by atoms with Crippen molar-refractivity contribution in [1.29, 1.82) is 0 Å². The molecule has 0 aromatic carbocycles. The average Bonchev–Trinajstić information content (AvgIpc) is 3.60. The number of esters is 1. The molecule has 5 rings (SSSR count). The van der Waals surface area contributed by atoms with Gasteiger partial charge in [0.1, 0.15) is 31.0 Å². The third kappa shape index (κ3) is 13.5. The number of carbonyl (C=O) groups is 1. The third-order valence-electron chi connectivity index (χ3n) is 17.3. The molecule has 0 bridgehead atoms. The minimum Gasteiger partial charge on any atom is -0.463 e. The van der Waals surface area contributed by atoms with E-state index in [4.69, 9.17) is 14.2 Å². The van der Waals surface area contributed by atoms with Crippen LogP contribution in [0.1, 0.15) is 203 Å². The lowest BCUT2D eigenvalue weighted by Gasteiger charge is -2.58. The topological polar surface area (TPSA) is 105 Å². The van der Waals surface area contributed by atoms with E-state index in [9.17, 15) is 20.1 Å². The summed E-state index contributed by atoms with van der Waals surface area (Å²) in [7, 11) is 0. The highest BCUT2D eigenvalue weighted by atomic mass is 16.7. The zero-order valence-electron chi connectivity index (χ0n) is 40.0. The number of ether oxygens (including phenoxy) is 3. The predicted molar refractivity (Wildman–Crippen MR) is 249 cm³/mol. The molecule has 4 aliphatic carbocycles. The number of hydrogen-bond acceptors (Lipinski definition) is 7. The highest BCUT2D eigenvalue weighted by Crippen LogP contribution is 2.67. The summed E-state index contributed by atoms with van der Waals surface area (Å²) in [5.41, 5.74) is 2.12. The van der Waals surface area contributed by atoms with E-state index in [0.29, 0.717) is 17.8 Å². The Bertz CT molecular complexity index is 1390. The van der Waals surface area contributed by atoms with E-state index in [1.165, 1.54) is 95.5 Å². The molecule has 4 fully saturated rings. The fourth-order valence-electron chi connectivity index (χ4n) is 12.8. The Kier molecular flexibility index (Phi) is 20.4. The maximum atomic E-state index is 12.6. The molecule has 0 spiro atoms. The molecule has 0 aromatic rings. The van der Waals surface area contributed by atoms with Crippen LogP contribution in [-0.2, 0) is 19.0 Å². The van der Waals surface area contributed by atoms with E-state index in [1.54, 1.807) is 0 Å². The number of aliphatic hydroxyl groups is 3. The Balaban J connectivity index is 0.994. The van der Waals surface area contributed by atoms with Crippen LogP contribution in [0, 0.1) is 52.3 Å². The Morgan fingerprint density at radius 3 is 2.20 bits per heavy atom. The lowest BCUT2D eigenvalue weighted by atomic mass is 9.47. The largest absolute Gasteiger partial charge is 0.463 e. The second kappa shape index (κ2) is 24.7. The molecule has 14 atom stereocenters. The molecule has 7 heteroatoms. The fourth-order valence-corrected chi connectivity index (χ4v) is 12.8. The molecule has 1 heterocycles. The summed E-state index contributed by atoms with van der Waals surface area (Å²) < 4.78 is 18.0. The molecule has 3 saturated carbocycles. The minimum atomic E-state index is -1.45. The molecule has 7 nitrogen and oxygen atoms in total. The van der Waals surface area contributed by atoms with Crippen LogP contribution in [0.25, 0.3) is 0 Å². The Morgan fingerprint density at radius 1 is 0.803 bits per heavy atom. The van der Waals surface area contributed by atoms with Gasteiger partial charge in [-0.2, -0.15) is 0 Å². The van der Waals surface area contributed by atoms with Gasteiger partial charge in [-0.15, -0.1) is 0 Å². The van der Waals surface area contributed by atoms with Crippen molar-refractivity contribution in [2.24, 2.45) is 52.3 Å². The molecule has 1 aliphatic heterocycles. The quantitative estimate of drug-likeness (QED) is 0.0477. The number of hydrogen-bond donors (Lipinski definition) is 3. The summed E-state index contributed by atoms with van der Waals surface area (Å²) in [4.78, 5) is 12.6. The summed E-state index contributed by atoms with van der Waals surface area (Å²) >= 11 is 0. The molecule has 5 aliphatic rings. The SMILES string of the molecule is CCCCC/C=C\C/C=C\CCCCCCCCCC(=O)OCC1OC(OC2CCC3(C)C(=CCC4C3CCC3(C)C(C(C)CCC(C)C(C)C)CCC43)C2)C(O)C(O)C1O. The molecule has 14 unspecified atom stereocenters. The van der Waals surface area contributed by atoms with Gasteiger partial charge in [0.25, 0.3) is 0 Å². The van der Waals surface area contributed by atoms with Crippen molar-refractivity contribution in [3.8, 4) is 0 Å². The Labute approximate surface area is 373 Å². The highest BCUT2D eigenvalue weighted by molar-refractivity contribution is 5.69. The summed E-state index contributed by atoms with van der Waals surface area (Å²) in [5.74, 6) is 5.14. The van der Waals surface area contributed by atoms with Crippen molar-refractivity contribution in [3.05, 3.63) is 36.0 Å². The molecule has 1 saturated heterocycles. The van der Waals surface area contributed by atoms with Crippen LogP contribution in [0.3, 0.4) is 0 Å². The molecular formula is C54H92O7. The van der Waals surface area contributed by atoms with Crippen molar-refractivity contribution in [1.82, 2.24) is 0 Å². The zero-order chi connectivity index (χ0) is 44.0. The van der Waals surface area contributed by atoms with Gasteiger partial charge in [-0.3, -0.25) is 4.79 Å². The van der Waals surface area contributed by atoms with E-state index in [2.05, 4.69) is 78.8 Å². The maximum Gasteiger partial charge on any atom is 0.305 e. The summed E-state index contributed by atoms with van der Waals surface area (Å²) in [6.07, 6.45) is 32.7. The highest BCUT2D eigenvalue weighted by Gasteiger charge is 2.59. The monoisotopic (exact) mass is 853 g/mol. The van der Waals surface area contributed by atoms with Crippen molar-refractivity contribution < 1.29 is 34.3 Å². The van der Waals surface area contributed by atoms with Crippen molar-refractivity contribution >= 4 is 5.97 Å². The van der Waals surface area contributed by atoms with Gasteiger partial charge in [-0.05, 0) is 142 Å². The van der Waals surface area contributed by atoms with Crippen molar-refractivity contribution in [3.63, 3.8) is 0 Å². The molecular weight excluding hydrogens is 761 g/mol. The first-order valence-electron chi connectivity index (χ1n) is 25.8. The first kappa shape index (κ1) is 50.5. The van der Waals surface area contributed by atoms with Crippen LogP contribution in [-0.4, -0.2) is 64.7 Å². The standard InChI is InChI=1S/C54H92O7/c1-8-9-10-11-12-13-14-15-16-17-18-19-20-21-22-23-24-25-48(55)59-37-47-49(56)50(57)51(58)52(61-47)60-42-32-34-53(6)41(36-42)28-29-43-45-31-30-44(54(45,7)35-33-46(43)53)40(5)27-26-39(4)38(2)3/h12-13,15-16,28,38-40,42-47,49-52,56-58H,8-11,14,17-27,29-37H2,1-7H3/b13-12-,16-15-.